The first-order chi connectivity index (χ1) is 12.6. The first kappa shape index (κ1) is 18.0. The molecule has 2 fully saturated rings. The third-order valence-electron chi connectivity index (χ3n) is 5.76. The zero-order valence-corrected chi connectivity index (χ0v) is 15.9. The summed E-state index contributed by atoms with van der Waals surface area (Å²) in [5, 5.41) is 0.717. The molecule has 2 aliphatic heterocycles. The van der Waals surface area contributed by atoms with E-state index in [1.807, 2.05) is 30.3 Å². The van der Waals surface area contributed by atoms with Crippen LogP contribution in [0.5, 0.6) is 0 Å². The van der Waals surface area contributed by atoms with Gasteiger partial charge in [-0.05, 0) is 36.0 Å². The van der Waals surface area contributed by atoms with E-state index < -0.39 is 0 Å². The number of benzene rings is 2. The van der Waals surface area contributed by atoms with Gasteiger partial charge in [0.05, 0.1) is 18.8 Å². The summed E-state index contributed by atoms with van der Waals surface area (Å²) >= 11 is 5.98. The van der Waals surface area contributed by atoms with Crippen molar-refractivity contribution >= 4 is 11.6 Å². The molecular weight excluding hydrogens is 348 g/mol. The lowest BCUT2D eigenvalue weighted by molar-refractivity contribution is -0.309. The van der Waals surface area contributed by atoms with Crippen molar-refractivity contribution in [2.75, 3.05) is 6.61 Å². The predicted molar refractivity (Wildman–Crippen MR) is 102 cm³/mol. The molecular formula is C22H25ClO3. The van der Waals surface area contributed by atoms with E-state index in [9.17, 15) is 0 Å². The molecule has 2 heterocycles. The van der Waals surface area contributed by atoms with Gasteiger partial charge >= 0.3 is 0 Å². The molecule has 0 amide bonds. The quantitative estimate of drug-likeness (QED) is 0.755. The fourth-order valence-electron chi connectivity index (χ4n) is 3.99. The van der Waals surface area contributed by atoms with Gasteiger partial charge in [0.25, 0.3) is 0 Å². The van der Waals surface area contributed by atoms with Crippen molar-refractivity contribution in [2.45, 2.75) is 44.9 Å². The average molecular weight is 373 g/mol. The number of halogens is 1. The lowest BCUT2D eigenvalue weighted by atomic mass is 9.79. The minimum Gasteiger partial charge on any atom is -0.369 e. The number of rotatable bonds is 3. The molecule has 4 heteroatoms. The summed E-state index contributed by atoms with van der Waals surface area (Å²) in [6.07, 6.45) is 0.797. The van der Waals surface area contributed by atoms with Gasteiger partial charge in [0.2, 0.25) is 0 Å². The maximum Gasteiger partial charge on any atom is 0.184 e. The molecule has 0 aliphatic carbocycles. The van der Waals surface area contributed by atoms with Crippen molar-refractivity contribution in [1.29, 1.82) is 0 Å². The van der Waals surface area contributed by atoms with Gasteiger partial charge in [0, 0.05) is 10.6 Å². The molecule has 2 aromatic rings. The molecule has 0 bridgehead atoms. The number of hydrogen-bond acceptors (Lipinski definition) is 3. The summed E-state index contributed by atoms with van der Waals surface area (Å²) in [6.45, 7) is 5.10. The molecule has 0 radical (unpaired) electrons. The number of hydrogen-bond donors (Lipinski definition) is 0. The second-order valence-electron chi connectivity index (χ2n) is 7.44. The van der Waals surface area contributed by atoms with E-state index in [0.717, 1.165) is 12.0 Å². The monoisotopic (exact) mass is 372 g/mol. The van der Waals surface area contributed by atoms with Crippen molar-refractivity contribution in [3.05, 3.63) is 70.7 Å². The number of ether oxygens (including phenoxy) is 3. The van der Waals surface area contributed by atoms with Gasteiger partial charge in [-0.15, -0.1) is 0 Å². The van der Waals surface area contributed by atoms with Crippen LogP contribution in [-0.2, 0) is 20.6 Å². The fourth-order valence-corrected chi connectivity index (χ4v) is 4.11. The van der Waals surface area contributed by atoms with Crippen molar-refractivity contribution in [3.8, 4) is 0 Å². The maximum atomic E-state index is 6.41. The third kappa shape index (κ3) is 3.67. The van der Waals surface area contributed by atoms with Crippen LogP contribution in [0.3, 0.4) is 0 Å². The van der Waals surface area contributed by atoms with Crippen LogP contribution in [0.4, 0.5) is 0 Å². The van der Waals surface area contributed by atoms with E-state index >= 15 is 0 Å². The largest absolute Gasteiger partial charge is 0.369 e. The van der Waals surface area contributed by atoms with Crippen LogP contribution in [0.1, 0.15) is 31.3 Å². The minimum absolute atomic E-state index is 0.0153. The van der Waals surface area contributed by atoms with E-state index in [2.05, 4.69) is 38.1 Å². The standard InChI is InChI=1S/C22H25ClO3/c1-14-15(2)21-20(25-19(14)12-16-6-4-3-5-7-16)13-24-22(26-21)17-8-10-18(23)11-9-17/h3-11,14-15,19-22H,12-13H2,1-2H3/t14-,15-,19+,20-,21+,22-/m1/s1. The molecule has 0 aromatic heterocycles. The van der Waals surface area contributed by atoms with Crippen LogP contribution in [0.15, 0.2) is 54.6 Å². The van der Waals surface area contributed by atoms with Gasteiger partial charge < -0.3 is 14.2 Å². The van der Waals surface area contributed by atoms with E-state index in [0.29, 0.717) is 23.5 Å². The van der Waals surface area contributed by atoms with Gasteiger partial charge in [-0.25, -0.2) is 0 Å². The Morgan fingerprint density at radius 1 is 0.923 bits per heavy atom. The Morgan fingerprint density at radius 2 is 1.65 bits per heavy atom. The molecule has 2 aromatic carbocycles. The van der Waals surface area contributed by atoms with Gasteiger partial charge in [0.15, 0.2) is 6.29 Å². The van der Waals surface area contributed by atoms with E-state index in [4.69, 9.17) is 25.8 Å². The Labute approximate surface area is 160 Å². The minimum atomic E-state index is -0.350. The molecule has 0 unspecified atom stereocenters. The smallest absolute Gasteiger partial charge is 0.184 e. The maximum absolute atomic E-state index is 6.41. The average Bonchev–Trinajstić information content (AvgIpc) is 2.67. The first-order valence-electron chi connectivity index (χ1n) is 9.33. The lowest BCUT2D eigenvalue weighted by Gasteiger charge is -2.48. The molecule has 26 heavy (non-hydrogen) atoms. The Bertz CT molecular complexity index is 716. The summed E-state index contributed by atoms with van der Waals surface area (Å²) < 4.78 is 18.7. The highest BCUT2D eigenvalue weighted by molar-refractivity contribution is 6.30. The molecule has 0 saturated carbocycles. The topological polar surface area (TPSA) is 27.7 Å². The Morgan fingerprint density at radius 3 is 2.38 bits per heavy atom. The predicted octanol–water partition coefficient (Wildman–Crippen LogP) is 5.04. The second-order valence-corrected chi connectivity index (χ2v) is 7.87. The fraction of sp³-hybridized carbons (Fsp3) is 0.455. The van der Waals surface area contributed by atoms with Gasteiger partial charge in [-0.1, -0.05) is 67.9 Å². The van der Waals surface area contributed by atoms with Gasteiger partial charge in [0.1, 0.15) is 6.10 Å². The Kier molecular flexibility index (Phi) is 5.32. The zero-order valence-electron chi connectivity index (χ0n) is 15.2. The SMILES string of the molecule is C[C@@H]1[C@@H](C)[C@H](Cc2ccccc2)O[C@@H]2CO[C@@H](c3ccc(Cl)cc3)O[C@@H]12. The van der Waals surface area contributed by atoms with Gasteiger partial charge in [-0.3, -0.25) is 0 Å². The number of fused-ring (bicyclic) bond motifs is 1. The van der Waals surface area contributed by atoms with Crippen LogP contribution < -0.4 is 0 Å². The highest BCUT2D eigenvalue weighted by Gasteiger charge is 2.45. The molecule has 138 valence electrons. The molecule has 2 aliphatic rings. The first-order valence-corrected chi connectivity index (χ1v) is 9.71. The van der Waals surface area contributed by atoms with Crippen LogP contribution in [0.2, 0.25) is 5.02 Å². The second kappa shape index (κ2) is 7.69. The summed E-state index contributed by atoms with van der Waals surface area (Å²) in [7, 11) is 0. The summed E-state index contributed by atoms with van der Waals surface area (Å²) in [4.78, 5) is 0. The van der Waals surface area contributed by atoms with Crippen molar-refractivity contribution < 1.29 is 14.2 Å². The summed E-state index contributed by atoms with van der Waals surface area (Å²) in [5.41, 5.74) is 2.31. The molecule has 6 atom stereocenters. The Balaban J connectivity index is 1.45. The van der Waals surface area contributed by atoms with E-state index in [1.165, 1.54) is 5.56 Å². The molecule has 0 spiro atoms. The van der Waals surface area contributed by atoms with Gasteiger partial charge in [-0.2, -0.15) is 0 Å². The van der Waals surface area contributed by atoms with Crippen LogP contribution >= 0.6 is 11.6 Å². The van der Waals surface area contributed by atoms with Crippen LogP contribution in [-0.4, -0.2) is 24.9 Å². The molecule has 0 N–H and O–H groups in total. The molecule has 4 rings (SSSR count). The summed E-state index contributed by atoms with van der Waals surface area (Å²) in [6, 6.07) is 18.2. The van der Waals surface area contributed by atoms with Crippen LogP contribution in [0, 0.1) is 11.8 Å². The molecule has 3 nitrogen and oxygen atoms in total. The third-order valence-corrected chi connectivity index (χ3v) is 6.02. The van der Waals surface area contributed by atoms with Crippen LogP contribution in [0.25, 0.3) is 0 Å². The lowest BCUT2D eigenvalue weighted by Crippen LogP contribution is -2.55. The normalized spacial score (nSPS) is 34.3. The highest BCUT2D eigenvalue weighted by atomic mass is 35.5. The molecule has 2 saturated heterocycles. The highest BCUT2D eigenvalue weighted by Crippen LogP contribution is 2.40. The van der Waals surface area contributed by atoms with Crippen molar-refractivity contribution in [2.24, 2.45) is 11.8 Å². The van der Waals surface area contributed by atoms with Crippen molar-refractivity contribution in [1.82, 2.24) is 0 Å². The van der Waals surface area contributed by atoms with E-state index in [-0.39, 0.29) is 24.6 Å². The van der Waals surface area contributed by atoms with E-state index in [1.54, 1.807) is 0 Å². The Hall–Kier alpha value is -1.39. The zero-order chi connectivity index (χ0) is 18.1. The summed E-state index contributed by atoms with van der Waals surface area (Å²) in [5.74, 6) is 0.821. The van der Waals surface area contributed by atoms with Crippen molar-refractivity contribution in [3.63, 3.8) is 0 Å².